The average molecular weight is 199 g/mol. The monoisotopic (exact) mass is 201 g/mol. The molecule has 0 aromatic rings. The van der Waals surface area contributed by atoms with E-state index in [1.165, 1.54) is 3.32 Å². The van der Waals surface area contributed by atoms with E-state index in [-0.39, 0.29) is 0 Å². The van der Waals surface area contributed by atoms with E-state index in [4.69, 9.17) is 0 Å². The third-order valence-electron chi connectivity index (χ3n) is 0.289. The van der Waals surface area contributed by atoms with Gasteiger partial charge in [0.05, 0.1) is 0 Å². The van der Waals surface area contributed by atoms with Crippen molar-refractivity contribution >= 4 is 34.9 Å². The molecule has 5 heavy (non-hydrogen) atoms. The zero-order chi connectivity index (χ0) is 4.28. The van der Waals surface area contributed by atoms with Crippen molar-refractivity contribution < 1.29 is 0 Å². The van der Waals surface area contributed by atoms with Crippen LogP contribution in [0.3, 0.4) is 0 Å². The molecular formula is C3H5Se2. The quantitative estimate of drug-likeness (QED) is 0.515. The standard InChI is InChI=1S/C3H5Se2/c1-2-3(4)5/h2H2,1H3. The molecule has 0 atom stereocenters. The summed E-state index contributed by atoms with van der Waals surface area (Å²) in [5.41, 5.74) is 0. The fourth-order valence-electron chi connectivity index (χ4n) is 0. The van der Waals surface area contributed by atoms with Gasteiger partial charge in [-0.15, -0.1) is 0 Å². The van der Waals surface area contributed by atoms with Crippen molar-refractivity contribution in [3.05, 3.63) is 0 Å². The van der Waals surface area contributed by atoms with Gasteiger partial charge in [0.15, 0.2) is 0 Å². The maximum absolute atomic E-state index is 2.85. The van der Waals surface area contributed by atoms with E-state index in [0.717, 1.165) is 6.42 Å². The minimum absolute atomic E-state index is 1.11. The maximum atomic E-state index is 2.85. The fraction of sp³-hybridized carbons (Fsp3) is 0.667. The van der Waals surface area contributed by atoms with Crippen LogP contribution in [0.4, 0.5) is 0 Å². The zero-order valence-electron chi connectivity index (χ0n) is 3.02. The first-order chi connectivity index (χ1) is 2.27. The molecular weight excluding hydrogens is 194 g/mol. The molecule has 0 nitrogen and oxygen atoms in total. The summed E-state index contributed by atoms with van der Waals surface area (Å²) >= 11 is 5.70. The summed E-state index contributed by atoms with van der Waals surface area (Å²) in [6.07, 6.45) is 1.11. The second-order valence-corrected chi connectivity index (χ2v) is 4.10. The number of hydrogen-bond acceptors (Lipinski definition) is 0. The van der Waals surface area contributed by atoms with Crippen LogP contribution in [-0.2, 0) is 0 Å². The Morgan fingerprint density at radius 1 is 1.80 bits per heavy atom. The molecule has 0 aliphatic carbocycles. The molecule has 0 bridgehead atoms. The summed E-state index contributed by atoms with van der Waals surface area (Å²) in [4.78, 5) is 0. The van der Waals surface area contributed by atoms with Crippen LogP contribution >= 0.6 is 0 Å². The average Bonchev–Trinajstić information content (AvgIpc) is 1.38. The molecule has 0 aliphatic rings. The van der Waals surface area contributed by atoms with Crippen LogP contribution < -0.4 is 0 Å². The Morgan fingerprint density at radius 3 is 2.00 bits per heavy atom. The molecule has 29 valence electrons. The molecule has 0 spiro atoms. The molecule has 0 aromatic heterocycles. The third kappa shape index (κ3) is 4.91. The van der Waals surface area contributed by atoms with E-state index >= 15 is 0 Å². The molecule has 0 fully saturated rings. The summed E-state index contributed by atoms with van der Waals surface area (Å²) in [5.74, 6) is 0. The Morgan fingerprint density at radius 2 is 2.00 bits per heavy atom. The topological polar surface area (TPSA) is 0 Å². The van der Waals surface area contributed by atoms with Gasteiger partial charge in [-0.25, -0.2) is 0 Å². The van der Waals surface area contributed by atoms with E-state index < -0.39 is 0 Å². The van der Waals surface area contributed by atoms with Gasteiger partial charge in [-0.3, -0.25) is 0 Å². The summed E-state index contributed by atoms with van der Waals surface area (Å²) in [5, 5.41) is 0. The first-order valence-corrected chi connectivity index (χ1v) is 3.18. The predicted molar refractivity (Wildman–Crippen MR) is 26.8 cm³/mol. The molecule has 0 N–H and O–H groups in total. The third-order valence-corrected chi connectivity index (χ3v) is 1.50. The Labute approximate surface area is 48.5 Å². The molecule has 0 unspecified atom stereocenters. The molecule has 0 amide bonds. The molecule has 0 saturated heterocycles. The van der Waals surface area contributed by atoms with Crippen molar-refractivity contribution in [3.63, 3.8) is 0 Å². The summed E-state index contributed by atoms with van der Waals surface area (Å²) in [6.45, 7) is 2.10. The Kier molecular flexibility index (Phi) is 3.68. The van der Waals surface area contributed by atoms with E-state index in [0.29, 0.717) is 0 Å². The van der Waals surface area contributed by atoms with Gasteiger partial charge in [0.1, 0.15) is 0 Å². The van der Waals surface area contributed by atoms with Gasteiger partial charge in [-0.2, -0.15) is 0 Å². The first kappa shape index (κ1) is 5.91. The van der Waals surface area contributed by atoms with Gasteiger partial charge >= 0.3 is 48.2 Å². The predicted octanol–water partition coefficient (Wildman–Crippen LogP) is -0.137. The van der Waals surface area contributed by atoms with Gasteiger partial charge in [-0.05, 0) is 0 Å². The first-order valence-electron chi connectivity index (χ1n) is 1.47. The molecule has 2 heteroatoms. The van der Waals surface area contributed by atoms with Gasteiger partial charge in [0.25, 0.3) is 0 Å². The molecule has 0 aromatic carbocycles. The minimum atomic E-state index is 1.11. The van der Waals surface area contributed by atoms with Crippen LogP contribution in [0, 0.1) is 0 Å². The second-order valence-electron chi connectivity index (χ2n) is 0.726. The van der Waals surface area contributed by atoms with Crippen molar-refractivity contribution in [2.75, 3.05) is 0 Å². The summed E-state index contributed by atoms with van der Waals surface area (Å²) in [7, 11) is 0. The van der Waals surface area contributed by atoms with Crippen molar-refractivity contribution in [1.29, 1.82) is 0 Å². The van der Waals surface area contributed by atoms with Crippen molar-refractivity contribution in [2.24, 2.45) is 0 Å². The van der Waals surface area contributed by atoms with E-state index in [1.54, 1.807) is 0 Å². The van der Waals surface area contributed by atoms with Gasteiger partial charge in [0, 0.05) is 0 Å². The van der Waals surface area contributed by atoms with E-state index in [1.807, 2.05) is 0 Å². The normalized spacial score (nSPS) is 7.40. The number of rotatable bonds is 1. The van der Waals surface area contributed by atoms with Crippen LogP contribution in [0.2, 0.25) is 0 Å². The molecule has 0 aliphatic heterocycles. The van der Waals surface area contributed by atoms with Crippen LogP contribution in [0.5, 0.6) is 0 Å². The Balaban J connectivity index is 2.85. The molecule has 0 rings (SSSR count). The Bertz CT molecular complexity index is 40.2. The summed E-state index contributed by atoms with van der Waals surface area (Å²) in [6, 6.07) is 0. The van der Waals surface area contributed by atoms with Crippen molar-refractivity contribution in [3.8, 4) is 0 Å². The van der Waals surface area contributed by atoms with Crippen molar-refractivity contribution in [2.45, 2.75) is 13.3 Å². The fourth-order valence-corrected chi connectivity index (χ4v) is 0. The van der Waals surface area contributed by atoms with E-state index in [2.05, 4.69) is 38.5 Å². The number of hydrogen-bond donors (Lipinski definition) is 0. The van der Waals surface area contributed by atoms with Crippen LogP contribution in [0.25, 0.3) is 0 Å². The molecule has 0 saturated carbocycles. The van der Waals surface area contributed by atoms with Crippen LogP contribution in [0.1, 0.15) is 13.3 Å². The Hall–Kier alpha value is 0.909. The van der Waals surface area contributed by atoms with Crippen LogP contribution in [-0.4, -0.2) is 34.9 Å². The van der Waals surface area contributed by atoms with Gasteiger partial charge in [-0.1, -0.05) is 0 Å². The van der Waals surface area contributed by atoms with Gasteiger partial charge in [0.2, 0.25) is 0 Å². The van der Waals surface area contributed by atoms with Gasteiger partial charge < -0.3 is 0 Å². The van der Waals surface area contributed by atoms with Crippen LogP contribution in [0.15, 0.2) is 0 Å². The van der Waals surface area contributed by atoms with Crippen molar-refractivity contribution in [1.82, 2.24) is 0 Å². The molecule has 0 heterocycles. The second kappa shape index (κ2) is 3.11. The molecule has 1 radical (unpaired) electrons. The summed E-state index contributed by atoms with van der Waals surface area (Å²) < 4.78 is 1.25. The SMILES string of the molecule is CCC([Se])=[Se]. The zero-order valence-corrected chi connectivity index (χ0v) is 6.45. The van der Waals surface area contributed by atoms with E-state index in [9.17, 15) is 0 Å².